The van der Waals surface area contributed by atoms with Gasteiger partial charge in [0.15, 0.2) is 6.20 Å². The summed E-state index contributed by atoms with van der Waals surface area (Å²) in [6.07, 6.45) is 1.10. The van der Waals surface area contributed by atoms with Crippen LogP contribution < -0.4 is 0 Å². The molecule has 0 radical (unpaired) electrons. The molecule has 1 aliphatic rings. The molecule has 0 amide bonds. The third-order valence-corrected chi connectivity index (χ3v) is 2.70. The van der Waals surface area contributed by atoms with Crippen molar-refractivity contribution in [2.75, 3.05) is 0 Å². The second-order valence-corrected chi connectivity index (χ2v) is 3.87. The van der Waals surface area contributed by atoms with Crippen molar-refractivity contribution in [2.24, 2.45) is 0 Å². The van der Waals surface area contributed by atoms with Crippen molar-refractivity contribution in [3.8, 4) is 0 Å². The number of nitro groups is 1. The summed E-state index contributed by atoms with van der Waals surface area (Å²) in [4.78, 5) is 10.9. The summed E-state index contributed by atoms with van der Waals surface area (Å²) < 4.78 is 25.7. The van der Waals surface area contributed by atoms with Crippen molar-refractivity contribution in [3.63, 3.8) is 0 Å². The van der Waals surface area contributed by atoms with E-state index in [1.54, 1.807) is 0 Å². The number of aromatic nitrogens is 3. The van der Waals surface area contributed by atoms with Crippen LogP contribution in [0, 0.1) is 10.1 Å². The topological polar surface area (TPSA) is 73.8 Å². The Morgan fingerprint density at radius 3 is 2.62 bits per heavy atom. The Labute approximate surface area is 89.4 Å². The third kappa shape index (κ3) is 2.15. The molecule has 0 unspecified atom stereocenters. The zero-order chi connectivity index (χ0) is 11.8. The van der Waals surface area contributed by atoms with Gasteiger partial charge in [-0.1, -0.05) is 4.80 Å². The molecular formula is C8H10F2N4O2. The van der Waals surface area contributed by atoms with Crippen LogP contribution in [0.4, 0.5) is 14.6 Å². The van der Waals surface area contributed by atoms with E-state index in [1.807, 2.05) is 0 Å². The molecular weight excluding hydrogens is 222 g/mol. The van der Waals surface area contributed by atoms with Gasteiger partial charge in [0.25, 0.3) is 0 Å². The van der Waals surface area contributed by atoms with E-state index in [4.69, 9.17) is 0 Å². The molecule has 88 valence electrons. The molecule has 0 spiro atoms. The van der Waals surface area contributed by atoms with Gasteiger partial charge in [-0.25, -0.2) is 8.78 Å². The summed E-state index contributed by atoms with van der Waals surface area (Å²) in [6.45, 7) is 0. The van der Waals surface area contributed by atoms with E-state index < -0.39 is 10.8 Å². The molecule has 1 aromatic heterocycles. The van der Waals surface area contributed by atoms with E-state index in [-0.39, 0.29) is 37.5 Å². The third-order valence-electron chi connectivity index (χ3n) is 2.70. The minimum Gasteiger partial charge on any atom is -0.358 e. The number of hydrogen-bond acceptors (Lipinski definition) is 4. The van der Waals surface area contributed by atoms with Gasteiger partial charge in [-0.2, -0.15) is 0 Å². The molecule has 1 saturated carbocycles. The SMILES string of the molecule is O=[N+]([O-])c1cnn(C2CCC(F)(F)CC2)n1. The van der Waals surface area contributed by atoms with Gasteiger partial charge in [0.1, 0.15) is 0 Å². The average Bonchev–Trinajstić information content (AvgIpc) is 2.66. The maximum Gasteiger partial charge on any atom is 0.410 e. The van der Waals surface area contributed by atoms with Crippen LogP contribution in [0.2, 0.25) is 0 Å². The summed E-state index contributed by atoms with van der Waals surface area (Å²) in [6, 6.07) is -0.256. The zero-order valence-electron chi connectivity index (χ0n) is 8.34. The van der Waals surface area contributed by atoms with Gasteiger partial charge in [0.05, 0.1) is 11.1 Å². The van der Waals surface area contributed by atoms with Gasteiger partial charge in [-0.15, -0.1) is 5.10 Å². The van der Waals surface area contributed by atoms with E-state index in [1.165, 1.54) is 4.80 Å². The van der Waals surface area contributed by atoms with Crippen molar-refractivity contribution in [3.05, 3.63) is 16.3 Å². The lowest BCUT2D eigenvalue weighted by Crippen LogP contribution is -2.27. The molecule has 16 heavy (non-hydrogen) atoms. The molecule has 0 bridgehead atoms. The second-order valence-electron chi connectivity index (χ2n) is 3.87. The van der Waals surface area contributed by atoms with Crippen molar-refractivity contribution >= 4 is 5.82 Å². The van der Waals surface area contributed by atoms with Crippen LogP contribution in [0.1, 0.15) is 31.7 Å². The maximum absolute atomic E-state index is 12.9. The summed E-state index contributed by atoms with van der Waals surface area (Å²) in [5.41, 5.74) is 0. The molecule has 0 aromatic carbocycles. The van der Waals surface area contributed by atoms with E-state index in [2.05, 4.69) is 10.2 Å². The first-order valence-corrected chi connectivity index (χ1v) is 4.92. The highest BCUT2D eigenvalue weighted by molar-refractivity contribution is 5.08. The van der Waals surface area contributed by atoms with Crippen molar-refractivity contribution < 1.29 is 13.7 Å². The Morgan fingerprint density at radius 1 is 1.50 bits per heavy atom. The highest BCUT2D eigenvalue weighted by Gasteiger charge is 2.37. The molecule has 0 N–H and O–H groups in total. The summed E-state index contributed by atoms with van der Waals surface area (Å²) in [5.74, 6) is -2.97. The lowest BCUT2D eigenvalue weighted by atomic mass is 9.93. The number of nitrogens with zero attached hydrogens (tertiary/aromatic N) is 4. The van der Waals surface area contributed by atoms with Gasteiger partial charge in [-0.3, -0.25) is 0 Å². The first-order chi connectivity index (χ1) is 7.48. The molecule has 0 atom stereocenters. The highest BCUT2D eigenvalue weighted by Crippen LogP contribution is 2.37. The smallest absolute Gasteiger partial charge is 0.358 e. The summed E-state index contributed by atoms with van der Waals surface area (Å²) >= 11 is 0. The van der Waals surface area contributed by atoms with E-state index in [0.29, 0.717) is 0 Å². The predicted octanol–water partition coefficient (Wildman–Crippen LogP) is 1.94. The van der Waals surface area contributed by atoms with Crippen LogP contribution in [0.5, 0.6) is 0 Å². The molecule has 1 aromatic rings. The van der Waals surface area contributed by atoms with Crippen LogP contribution in [0.25, 0.3) is 0 Å². The van der Waals surface area contributed by atoms with Gasteiger partial charge in [-0.05, 0) is 17.8 Å². The number of hydrogen-bond donors (Lipinski definition) is 0. The van der Waals surface area contributed by atoms with Gasteiger partial charge in [0, 0.05) is 12.8 Å². The first kappa shape index (κ1) is 10.9. The quantitative estimate of drug-likeness (QED) is 0.576. The van der Waals surface area contributed by atoms with E-state index in [9.17, 15) is 18.9 Å². The second kappa shape index (κ2) is 3.76. The summed E-state index contributed by atoms with van der Waals surface area (Å²) in [7, 11) is 0. The number of rotatable bonds is 2. The minimum absolute atomic E-state index is 0.215. The van der Waals surface area contributed by atoms with E-state index >= 15 is 0 Å². The predicted molar refractivity (Wildman–Crippen MR) is 49.1 cm³/mol. The monoisotopic (exact) mass is 232 g/mol. The minimum atomic E-state index is -2.62. The Kier molecular flexibility index (Phi) is 2.56. The standard InChI is InChI=1S/C8H10F2N4O2/c9-8(10)3-1-6(2-4-8)13-11-5-7(12-13)14(15)16/h5-6H,1-4H2. The molecule has 0 saturated heterocycles. The van der Waals surface area contributed by atoms with Crippen LogP contribution in [0.3, 0.4) is 0 Å². The van der Waals surface area contributed by atoms with Crippen LogP contribution in [-0.2, 0) is 0 Å². The Bertz CT molecular complexity index is 396. The van der Waals surface area contributed by atoms with Crippen LogP contribution in [-0.4, -0.2) is 25.8 Å². The molecule has 1 heterocycles. The Balaban J connectivity index is 2.05. The first-order valence-electron chi connectivity index (χ1n) is 4.92. The average molecular weight is 232 g/mol. The summed E-state index contributed by atoms with van der Waals surface area (Å²) in [5, 5.41) is 17.7. The highest BCUT2D eigenvalue weighted by atomic mass is 19.3. The maximum atomic E-state index is 12.9. The Morgan fingerprint density at radius 2 is 2.12 bits per heavy atom. The largest absolute Gasteiger partial charge is 0.410 e. The van der Waals surface area contributed by atoms with Crippen molar-refractivity contribution in [1.82, 2.24) is 15.0 Å². The lowest BCUT2D eigenvalue weighted by molar-refractivity contribution is -0.389. The van der Waals surface area contributed by atoms with Crippen LogP contribution in [0.15, 0.2) is 6.20 Å². The normalized spacial score (nSPS) is 20.9. The fourth-order valence-electron chi connectivity index (χ4n) is 1.78. The zero-order valence-corrected chi connectivity index (χ0v) is 8.34. The van der Waals surface area contributed by atoms with Crippen molar-refractivity contribution in [1.29, 1.82) is 0 Å². The fraction of sp³-hybridized carbons (Fsp3) is 0.750. The van der Waals surface area contributed by atoms with Crippen molar-refractivity contribution in [2.45, 2.75) is 37.6 Å². The number of alkyl halides is 2. The Hall–Kier alpha value is -1.60. The van der Waals surface area contributed by atoms with Gasteiger partial charge >= 0.3 is 5.82 Å². The molecule has 6 nitrogen and oxygen atoms in total. The molecule has 1 aliphatic carbocycles. The van der Waals surface area contributed by atoms with Crippen LogP contribution >= 0.6 is 0 Å². The molecule has 2 rings (SSSR count). The lowest BCUT2D eigenvalue weighted by Gasteiger charge is -2.25. The number of halogens is 2. The molecule has 8 heteroatoms. The van der Waals surface area contributed by atoms with Gasteiger partial charge in [0.2, 0.25) is 5.92 Å². The van der Waals surface area contributed by atoms with Gasteiger partial charge < -0.3 is 10.1 Å². The van der Waals surface area contributed by atoms with E-state index in [0.717, 1.165) is 6.20 Å². The molecule has 1 fully saturated rings. The molecule has 0 aliphatic heterocycles. The fourth-order valence-corrected chi connectivity index (χ4v) is 1.78.